The summed E-state index contributed by atoms with van der Waals surface area (Å²) in [5, 5.41) is 0. The van der Waals surface area contributed by atoms with E-state index >= 15 is 0 Å². The predicted molar refractivity (Wildman–Crippen MR) is 34.4 cm³/mol. The zero-order valence-electron chi connectivity index (χ0n) is 4.67. The molecule has 2 nitrogen and oxygen atoms in total. The van der Waals surface area contributed by atoms with Crippen molar-refractivity contribution >= 4 is 11.6 Å². The van der Waals surface area contributed by atoms with Crippen molar-refractivity contribution in [3.63, 3.8) is 0 Å². The third-order valence-corrected chi connectivity index (χ3v) is 0.902. The van der Waals surface area contributed by atoms with Gasteiger partial charge in [0.15, 0.2) is 6.07 Å². The van der Waals surface area contributed by atoms with Crippen molar-refractivity contribution in [3.05, 3.63) is 24.5 Å². The van der Waals surface area contributed by atoms with Crippen LogP contribution in [0.15, 0.2) is 18.3 Å². The molecule has 0 fully saturated rings. The maximum Gasteiger partial charge on any atom is 0.162 e. The maximum absolute atomic E-state index is 5.27. The Morgan fingerprint density at radius 3 is 3.22 bits per heavy atom. The molecule has 3 heteroatoms. The van der Waals surface area contributed by atoms with Crippen molar-refractivity contribution in [2.24, 2.45) is 0 Å². The van der Waals surface area contributed by atoms with Gasteiger partial charge in [0.1, 0.15) is 11.9 Å². The fourth-order valence-electron chi connectivity index (χ4n) is 0.451. The first-order chi connectivity index (χ1) is 4.43. The number of pyridine rings is 1. The van der Waals surface area contributed by atoms with Crippen LogP contribution in [0.3, 0.4) is 0 Å². The molecule has 47 valence electrons. The molecule has 1 aromatic heterocycles. The number of alkyl halides is 1. The minimum atomic E-state index is 0.141. The first-order valence-electron chi connectivity index (χ1n) is 2.45. The monoisotopic (exact) mass is 142 g/mol. The Kier molecular flexibility index (Phi) is 2.33. The molecule has 1 aromatic rings. The Balaban J connectivity index is 2.61. The highest BCUT2D eigenvalue weighted by molar-refractivity contribution is 6.17. The van der Waals surface area contributed by atoms with E-state index < -0.39 is 0 Å². The van der Waals surface area contributed by atoms with Crippen molar-refractivity contribution in [1.82, 2.24) is 4.98 Å². The van der Waals surface area contributed by atoms with Crippen molar-refractivity contribution < 1.29 is 4.74 Å². The minimum absolute atomic E-state index is 0.141. The van der Waals surface area contributed by atoms with E-state index in [0.717, 1.165) is 0 Å². The quantitative estimate of drug-likeness (QED) is 0.584. The largest absolute Gasteiger partial charge is 0.476 e. The zero-order chi connectivity index (χ0) is 6.53. The molecule has 0 N–H and O–H groups in total. The van der Waals surface area contributed by atoms with Crippen molar-refractivity contribution in [2.75, 3.05) is 6.07 Å². The molecule has 9 heavy (non-hydrogen) atoms. The normalized spacial score (nSPS) is 9.00. The van der Waals surface area contributed by atoms with Crippen LogP contribution in [0.5, 0.6) is 5.75 Å². The lowest BCUT2D eigenvalue weighted by molar-refractivity contribution is 0.385. The van der Waals surface area contributed by atoms with E-state index in [1.807, 2.05) is 0 Å². The van der Waals surface area contributed by atoms with Gasteiger partial charge in [0.05, 0.1) is 0 Å². The van der Waals surface area contributed by atoms with Gasteiger partial charge in [-0.05, 0) is 12.1 Å². The minimum Gasteiger partial charge on any atom is -0.476 e. The van der Waals surface area contributed by atoms with Crippen LogP contribution in [0.25, 0.3) is 0 Å². The van der Waals surface area contributed by atoms with Gasteiger partial charge < -0.3 is 4.74 Å². The predicted octanol–water partition coefficient (Wildman–Crippen LogP) is 1.46. The summed E-state index contributed by atoms with van der Waals surface area (Å²) >= 11 is 5.27. The Labute approximate surface area is 58.4 Å². The van der Waals surface area contributed by atoms with Gasteiger partial charge in [-0.15, -0.1) is 0 Å². The number of hydrogen-bond donors (Lipinski definition) is 0. The lowest BCUT2D eigenvalue weighted by Gasteiger charge is -1.96. The molecular weight excluding hydrogens is 138 g/mol. The third kappa shape index (κ3) is 1.90. The number of halogens is 1. The van der Waals surface area contributed by atoms with Crippen LogP contribution in [0.2, 0.25) is 0 Å². The second kappa shape index (κ2) is 3.30. The van der Waals surface area contributed by atoms with Gasteiger partial charge in [-0.1, -0.05) is 11.6 Å². The average molecular weight is 143 g/mol. The summed E-state index contributed by atoms with van der Waals surface area (Å²) in [6, 6.07) is 3.65. The molecule has 1 heterocycles. The molecular formula is C6H5ClNO. The molecule has 0 spiro atoms. The fraction of sp³-hybridized carbons (Fsp3) is 0.167. The molecule has 0 unspecified atom stereocenters. The molecule has 0 saturated heterocycles. The average Bonchev–Trinajstić information content (AvgIpc) is 1.91. The van der Waals surface area contributed by atoms with E-state index in [2.05, 4.69) is 11.2 Å². The van der Waals surface area contributed by atoms with Gasteiger partial charge in [-0.2, -0.15) is 0 Å². The number of hydrogen-bond acceptors (Lipinski definition) is 2. The summed E-state index contributed by atoms with van der Waals surface area (Å²) in [5.74, 6) is 0.576. The van der Waals surface area contributed by atoms with Crippen LogP contribution in [0, 0.1) is 6.20 Å². The topological polar surface area (TPSA) is 22.1 Å². The Bertz CT molecular complexity index is 166. The summed E-state index contributed by atoms with van der Waals surface area (Å²) in [4.78, 5) is 3.69. The van der Waals surface area contributed by atoms with Crippen LogP contribution in [-0.2, 0) is 0 Å². The molecule has 1 rings (SSSR count). The van der Waals surface area contributed by atoms with E-state index in [1.165, 1.54) is 0 Å². The van der Waals surface area contributed by atoms with Gasteiger partial charge in [0, 0.05) is 6.20 Å². The fourth-order valence-corrected chi connectivity index (χ4v) is 0.568. The standard InChI is InChI=1S/C6H5ClNO/c7-5-9-6-2-1-3-8-4-6/h1-3H,5H2. The number of ether oxygens (including phenoxy) is 1. The molecule has 0 amide bonds. The Morgan fingerprint density at radius 1 is 1.78 bits per heavy atom. The van der Waals surface area contributed by atoms with E-state index in [4.69, 9.17) is 16.3 Å². The van der Waals surface area contributed by atoms with Crippen LogP contribution < -0.4 is 4.74 Å². The van der Waals surface area contributed by atoms with Gasteiger partial charge in [-0.3, -0.25) is 4.98 Å². The number of rotatable bonds is 2. The van der Waals surface area contributed by atoms with E-state index in [1.54, 1.807) is 18.3 Å². The summed E-state index contributed by atoms with van der Waals surface area (Å²) in [7, 11) is 0. The lowest BCUT2D eigenvalue weighted by atomic mass is 10.5. The second-order valence-corrected chi connectivity index (χ2v) is 1.59. The highest BCUT2D eigenvalue weighted by atomic mass is 35.5. The molecule has 1 radical (unpaired) electrons. The molecule has 0 aliphatic rings. The smallest absolute Gasteiger partial charge is 0.162 e. The summed E-state index contributed by atoms with van der Waals surface area (Å²) in [5.41, 5.74) is 0. The van der Waals surface area contributed by atoms with Gasteiger partial charge in [-0.25, -0.2) is 0 Å². The summed E-state index contributed by atoms with van der Waals surface area (Å²) < 4.78 is 4.85. The first-order valence-corrected chi connectivity index (χ1v) is 2.98. The number of nitrogens with zero attached hydrogens (tertiary/aromatic N) is 1. The zero-order valence-corrected chi connectivity index (χ0v) is 5.43. The van der Waals surface area contributed by atoms with E-state index in [0.29, 0.717) is 5.75 Å². The van der Waals surface area contributed by atoms with Crippen molar-refractivity contribution in [2.45, 2.75) is 0 Å². The number of aromatic nitrogens is 1. The highest BCUT2D eigenvalue weighted by Crippen LogP contribution is 2.04. The Morgan fingerprint density at radius 2 is 2.67 bits per heavy atom. The molecule has 0 bridgehead atoms. The summed E-state index contributed by atoms with van der Waals surface area (Å²) in [6.07, 6.45) is 4.24. The molecule has 0 aliphatic carbocycles. The molecule has 0 saturated carbocycles. The first kappa shape index (κ1) is 6.36. The Hall–Kier alpha value is -0.760. The highest BCUT2D eigenvalue weighted by Gasteiger charge is 1.87. The second-order valence-electron chi connectivity index (χ2n) is 1.37. The van der Waals surface area contributed by atoms with Crippen LogP contribution >= 0.6 is 11.6 Å². The molecule has 0 aliphatic heterocycles. The van der Waals surface area contributed by atoms with Gasteiger partial charge in [0.2, 0.25) is 0 Å². The van der Waals surface area contributed by atoms with Crippen molar-refractivity contribution in [3.8, 4) is 5.75 Å². The van der Waals surface area contributed by atoms with E-state index in [9.17, 15) is 0 Å². The van der Waals surface area contributed by atoms with Crippen LogP contribution in [0.4, 0.5) is 0 Å². The SMILES string of the molecule is ClCOc1[c]nccc1. The van der Waals surface area contributed by atoms with Crippen molar-refractivity contribution in [1.29, 1.82) is 0 Å². The van der Waals surface area contributed by atoms with E-state index in [-0.39, 0.29) is 6.07 Å². The van der Waals surface area contributed by atoms with Gasteiger partial charge >= 0.3 is 0 Å². The van der Waals surface area contributed by atoms with Gasteiger partial charge in [0.25, 0.3) is 0 Å². The lowest BCUT2D eigenvalue weighted by Crippen LogP contribution is -1.88. The molecule has 0 atom stereocenters. The van der Waals surface area contributed by atoms with Crippen LogP contribution in [0.1, 0.15) is 0 Å². The van der Waals surface area contributed by atoms with Crippen LogP contribution in [-0.4, -0.2) is 11.1 Å². The maximum atomic E-state index is 5.27. The summed E-state index contributed by atoms with van der Waals surface area (Å²) in [6.45, 7) is 0. The molecule has 0 aromatic carbocycles. The third-order valence-electron chi connectivity index (χ3n) is 0.793.